The highest BCUT2D eigenvalue weighted by molar-refractivity contribution is 9.10. The number of nitro groups is 1. The van der Waals surface area contributed by atoms with Crippen molar-refractivity contribution in [2.24, 2.45) is 0 Å². The lowest BCUT2D eigenvalue weighted by molar-refractivity contribution is -0.385. The van der Waals surface area contributed by atoms with Crippen LogP contribution in [0, 0.1) is 15.9 Å². The van der Waals surface area contributed by atoms with Crippen molar-refractivity contribution < 1.29 is 18.8 Å². The second-order valence-corrected chi connectivity index (χ2v) is 5.03. The van der Waals surface area contributed by atoms with Crippen LogP contribution in [0.5, 0.6) is 11.5 Å². The fourth-order valence-corrected chi connectivity index (χ4v) is 1.98. The average Bonchev–Trinajstić information content (AvgIpc) is 2.42. The highest BCUT2D eigenvalue weighted by Crippen LogP contribution is 2.35. The molecule has 0 atom stereocenters. The molecule has 108 valence electrons. The third-order valence-corrected chi connectivity index (χ3v) is 3.27. The molecule has 0 bridgehead atoms. The summed E-state index contributed by atoms with van der Waals surface area (Å²) in [6.45, 7) is 1.39. The molecule has 5 nitrogen and oxygen atoms in total. The Morgan fingerprint density at radius 3 is 2.67 bits per heavy atom. The fraction of sp³-hybridized carbons (Fsp3) is 0.0714. The number of Topliss-reactive ketones (excluding diaryl/α,β-unsaturated/α-hetero) is 1. The Morgan fingerprint density at radius 1 is 1.33 bits per heavy atom. The number of ether oxygens (including phenoxy) is 1. The molecular formula is C14H9BrFNO4. The minimum absolute atomic E-state index is 0.0287. The van der Waals surface area contributed by atoms with E-state index in [0.717, 1.165) is 12.1 Å². The van der Waals surface area contributed by atoms with Crippen LogP contribution in [0.2, 0.25) is 0 Å². The largest absolute Gasteiger partial charge is 0.450 e. The Kier molecular flexibility index (Phi) is 4.32. The summed E-state index contributed by atoms with van der Waals surface area (Å²) >= 11 is 2.88. The lowest BCUT2D eigenvalue weighted by atomic mass is 10.1. The quantitative estimate of drug-likeness (QED) is 0.461. The van der Waals surface area contributed by atoms with Crippen molar-refractivity contribution in [3.8, 4) is 11.5 Å². The van der Waals surface area contributed by atoms with Crippen molar-refractivity contribution in [1.82, 2.24) is 0 Å². The first-order valence-electron chi connectivity index (χ1n) is 5.81. The third kappa shape index (κ3) is 3.43. The van der Waals surface area contributed by atoms with Crippen LogP contribution in [-0.4, -0.2) is 10.7 Å². The number of hydrogen-bond donors (Lipinski definition) is 0. The summed E-state index contributed by atoms with van der Waals surface area (Å²) in [4.78, 5) is 21.6. The molecule has 2 rings (SSSR count). The molecule has 0 aromatic heterocycles. The maximum atomic E-state index is 13.5. The Hall–Kier alpha value is -2.28. The van der Waals surface area contributed by atoms with Crippen molar-refractivity contribution in [2.75, 3.05) is 0 Å². The molecule has 0 amide bonds. The molecule has 0 aliphatic heterocycles. The molecule has 0 aliphatic carbocycles. The molecule has 0 fully saturated rings. The van der Waals surface area contributed by atoms with E-state index in [4.69, 9.17) is 4.74 Å². The zero-order valence-electron chi connectivity index (χ0n) is 10.8. The highest BCUT2D eigenvalue weighted by atomic mass is 79.9. The van der Waals surface area contributed by atoms with Crippen LogP contribution in [0.1, 0.15) is 17.3 Å². The van der Waals surface area contributed by atoms with E-state index < -0.39 is 10.7 Å². The minimum atomic E-state index is -0.682. The molecule has 7 heteroatoms. The Balaban J connectivity index is 2.43. The Labute approximate surface area is 127 Å². The number of hydrogen-bond acceptors (Lipinski definition) is 4. The van der Waals surface area contributed by atoms with E-state index in [1.807, 2.05) is 0 Å². The predicted molar refractivity (Wildman–Crippen MR) is 77.3 cm³/mol. The molecule has 0 spiro atoms. The number of ketones is 1. The van der Waals surface area contributed by atoms with Gasteiger partial charge in [0, 0.05) is 17.7 Å². The van der Waals surface area contributed by atoms with Gasteiger partial charge >= 0.3 is 5.69 Å². The summed E-state index contributed by atoms with van der Waals surface area (Å²) in [6.07, 6.45) is 0. The maximum Gasteiger partial charge on any atom is 0.312 e. The first-order valence-corrected chi connectivity index (χ1v) is 6.60. The van der Waals surface area contributed by atoms with Gasteiger partial charge in [-0.3, -0.25) is 14.9 Å². The van der Waals surface area contributed by atoms with Gasteiger partial charge < -0.3 is 4.74 Å². The summed E-state index contributed by atoms with van der Waals surface area (Å²) in [5, 5.41) is 11.0. The highest BCUT2D eigenvalue weighted by Gasteiger charge is 2.19. The third-order valence-electron chi connectivity index (χ3n) is 2.67. The van der Waals surface area contributed by atoms with Gasteiger partial charge in [-0.25, -0.2) is 4.39 Å². The number of benzene rings is 2. The molecule has 0 aliphatic rings. The predicted octanol–water partition coefficient (Wildman–Crippen LogP) is 4.49. The molecule has 21 heavy (non-hydrogen) atoms. The van der Waals surface area contributed by atoms with Gasteiger partial charge in [0.15, 0.2) is 5.78 Å². The van der Waals surface area contributed by atoms with E-state index in [-0.39, 0.29) is 27.4 Å². The van der Waals surface area contributed by atoms with E-state index >= 15 is 0 Å². The van der Waals surface area contributed by atoms with Gasteiger partial charge in [-0.15, -0.1) is 0 Å². The van der Waals surface area contributed by atoms with Crippen molar-refractivity contribution in [1.29, 1.82) is 0 Å². The van der Waals surface area contributed by atoms with Crippen LogP contribution in [0.25, 0.3) is 0 Å². The van der Waals surface area contributed by atoms with Crippen LogP contribution >= 0.6 is 15.9 Å². The summed E-state index contributed by atoms with van der Waals surface area (Å²) < 4.78 is 18.8. The molecule has 0 saturated heterocycles. The average molecular weight is 354 g/mol. The normalized spacial score (nSPS) is 10.2. The van der Waals surface area contributed by atoms with Crippen LogP contribution in [0.15, 0.2) is 40.9 Å². The molecular weight excluding hydrogens is 345 g/mol. The van der Waals surface area contributed by atoms with Crippen LogP contribution in [-0.2, 0) is 0 Å². The Bertz CT molecular complexity index is 733. The first-order chi connectivity index (χ1) is 9.88. The molecule has 0 N–H and O–H groups in total. The number of halogens is 2. The fourth-order valence-electron chi connectivity index (χ4n) is 1.65. The van der Waals surface area contributed by atoms with Gasteiger partial charge in [0.25, 0.3) is 0 Å². The van der Waals surface area contributed by atoms with Gasteiger partial charge in [0.05, 0.1) is 9.40 Å². The molecule has 0 radical (unpaired) electrons. The molecule has 0 heterocycles. The van der Waals surface area contributed by atoms with Crippen molar-refractivity contribution in [3.05, 3.63) is 62.4 Å². The van der Waals surface area contributed by atoms with Crippen molar-refractivity contribution >= 4 is 27.4 Å². The summed E-state index contributed by atoms with van der Waals surface area (Å²) in [7, 11) is 0. The van der Waals surface area contributed by atoms with Gasteiger partial charge in [-0.2, -0.15) is 0 Å². The van der Waals surface area contributed by atoms with Gasteiger partial charge in [0.2, 0.25) is 5.75 Å². The lowest BCUT2D eigenvalue weighted by Crippen LogP contribution is -1.97. The van der Waals surface area contributed by atoms with E-state index in [9.17, 15) is 19.3 Å². The van der Waals surface area contributed by atoms with E-state index in [1.54, 1.807) is 12.1 Å². The number of nitrogens with zero attached hydrogens (tertiary/aromatic N) is 1. The summed E-state index contributed by atoms with van der Waals surface area (Å²) in [5.74, 6) is -0.871. The Morgan fingerprint density at radius 2 is 2.05 bits per heavy atom. The standard InChI is InChI=1S/C14H9BrFNO4/c1-8(18)9-3-2-4-10(5-9)21-14-7-12(16)11(15)6-13(14)17(19)20/h2-7H,1H3. The lowest BCUT2D eigenvalue weighted by Gasteiger charge is -2.08. The molecule has 0 saturated carbocycles. The minimum Gasteiger partial charge on any atom is -0.450 e. The van der Waals surface area contributed by atoms with E-state index in [0.29, 0.717) is 5.56 Å². The van der Waals surface area contributed by atoms with E-state index in [2.05, 4.69) is 15.9 Å². The monoisotopic (exact) mass is 353 g/mol. The second-order valence-electron chi connectivity index (χ2n) is 4.18. The number of carbonyl (C=O) groups excluding carboxylic acids is 1. The molecule has 0 unspecified atom stereocenters. The zero-order chi connectivity index (χ0) is 15.6. The second kappa shape index (κ2) is 6.01. The number of nitro benzene ring substituents is 1. The SMILES string of the molecule is CC(=O)c1cccc(Oc2cc(F)c(Br)cc2[N+](=O)[O-])c1. The smallest absolute Gasteiger partial charge is 0.312 e. The van der Waals surface area contributed by atoms with Crippen LogP contribution in [0.4, 0.5) is 10.1 Å². The zero-order valence-corrected chi connectivity index (χ0v) is 12.4. The molecule has 2 aromatic carbocycles. The first kappa shape index (κ1) is 15.1. The van der Waals surface area contributed by atoms with Crippen molar-refractivity contribution in [3.63, 3.8) is 0 Å². The van der Waals surface area contributed by atoms with Gasteiger partial charge in [0.1, 0.15) is 11.6 Å². The number of rotatable bonds is 4. The maximum absolute atomic E-state index is 13.5. The van der Waals surface area contributed by atoms with Crippen LogP contribution in [0.3, 0.4) is 0 Å². The van der Waals surface area contributed by atoms with Gasteiger partial charge in [-0.1, -0.05) is 12.1 Å². The number of carbonyl (C=O) groups is 1. The van der Waals surface area contributed by atoms with E-state index in [1.165, 1.54) is 19.1 Å². The summed E-state index contributed by atoms with van der Waals surface area (Å²) in [6, 6.07) is 8.07. The summed E-state index contributed by atoms with van der Waals surface area (Å²) in [5.41, 5.74) is 0.0178. The van der Waals surface area contributed by atoms with Gasteiger partial charge in [-0.05, 0) is 35.0 Å². The molecule has 2 aromatic rings. The topological polar surface area (TPSA) is 69.4 Å². The van der Waals surface area contributed by atoms with Crippen molar-refractivity contribution in [2.45, 2.75) is 6.92 Å². The van der Waals surface area contributed by atoms with Crippen LogP contribution < -0.4 is 4.74 Å².